The SMILES string of the molecule is N#Cc1c(Nc2cc(F)ccc2F)[nH]c2ccccc12. The highest BCUT2D eigenvalue weighted by molar-refractivity contribution is 5.92. The second-order valence-corrected chi connectivity index (χ2v) is 4.28. The highest BCUT2D eigenvalue weighted by atomic mass is 19.1. The van der Waals surface area contributed by atoms with Gasteiger partial charge in [0.15, 0.2) is 0 Å². The molecular weight excluding hydrogens is 260 g/mol. The molecule has 0 atom stereocenters. The molecule has 20 heavy (non-hydrogen) atoms. The van der Waals surface area contributed by atoms with Crippen LogP contribution >= 0.6 is 0 Å². The number of aromatic nitrogens is 1. The first kappa shape index (κ1) is 12.2. The number of aromatic amines is 1. The number of nitrogens with zero attached hydrogens (tertiary/aromatic N) is 1. The molecule has 0 bridgehead atoms. The Morgan fingerprint density at radius 2 is 1.90 bits per heavy atom. The molecule has 2 N–H and O–H groups in total. The van der Waals surface area contributed by atoms with Crippen molar-refractivity contribution in [1.29, 1.82) is 5.26 Å². The first-order valence-electron chi connectivity index (χ1n) is 5.92. The van der Waals surface area contributed by atoms with Crippen LogP contribution in [-0.4, -0.2) is 4.98 Å². The van der Waals surface area contributed by atoms with Gasteiger partial charge < -0.3 is 10.3 Å². The lowest BCUT2D eigenvalue weighted by molar-refractivity contribution is 0.603. The van der Waals surface area contributed by atoms with Crippen LogP contribution in [0.25, 0.3) is 10.9 Å². The summed E-state index contributed by atoms with van der Waals surface area (Å²) in [4.78, 5) is 2.99. The monoisotopic (exact) mass is 269 g/mol. The summed E-state index contributed by atoms with van der Waals surface area (Å²) in [6, 6.07) is 12.4. The highest BCUT2D eigenvalue weighted by Crippen LogP contribution is 2.28. The summed E-state index contributed by atoms with van der Waals surface area (Å²) < 4.78 is 26.8. The van der Waals surface area contributed by atoms with Crippen molar-refractivity contribution in [2.75, 3.05) is 5.32 Å². The predicted octanol–water partition coefficient (Wildman–Crippen LogP) is 4.06. The van der Waals surface area contributed by atoms with Gasteiger partial charge in [-0.25, -0.2) is 8.78 Å². The van der Waals surface area contributed by atoms with Gasteiger partial charge in [-0.3, -0.25) is 0 Å². The van der Waals surface area contributed by atoms with E-state index in [0.717, 1.165) is 29.1 Å². The van der Waals surface area contributed by atoms with Crippen LogP contribution in [0.4, 0.5) is 20.3 Å². The smallest absolute Gasteiger partial charge is 0.146 e. The molecule has 3 nitrogen and oxygen atoms in total. The van der Waals surface area contributed by atoms with Crippen molar-refractivity contribution in [3.63, 3.8) is 0 Å². The van der Waals surface area contributed by atoms with Gasteiger partial charge in [0.2, 0.25) is 0 Å². The third-order valence-electron chi connectivity index (χ3n) is 3.01. The van der Waals surface area contributed by atoms with Crippen LogP contribution in [0.1, 0.15) is 5.56 Å². The van der Waals surface area contributed by atoms with E-state index in [2.05, 4.69) is 16.4 Å². The van der Waals surface area contributed by atoms with E-state index < -0.39 is 11.6 Å². The number of hydrogen-bond acceptors (Lipinski definition) is 2. The maximum Gasteiger partial charge on any atom is 0.146 e. The van der Waals surface area contributed by atoms with Gasteiger partial charge in [0.25, 0.3) is 0 Å². The van der Waals surface area contributed by atoms with Gasteiger partial charge in [-0.2, -0.15) is 5.26 Å². The molecule has 1 aromatic heterocycles. The van der Waals surface area contributed by atoms with Gasteiger partial charge in [0.1, 0.15) is 29.1 Å². The maximum absolute atomic E-state index is 13.6. The molecule has 0 fully saturated rings. The number of nitrogens with one attached hydrogen (secondary N) is 2. The molecular formula is C15H9F2N3. The van der Waals surface area contributed by atoms with Gasteiger partial charge in [-0.1, -0.05) is 18.2 Å². The van der Waals surface area contributed by atoms with Crippen molar-refractivity contribution in [3.8, 4) is 6.07 Å². The molecule has 98 valence electrons. The van der Waals surface area contributed by atoms with Crippen molar-refractivity contribution >= 4 is 22.4 Å². The standard InChI is InChI=1S/C15H9F2N3/c16-9-5-6-12(17)14(7-9)20-15-11(8-18)10-3-1-2-4-13(10)19-15/h1-7,19-20H. The zero-order valence-corrected chi connectivity index (χ0v) is 10.2. The number of halogens is 2. The first-order chi connectivity index (χ1) is 9.69. The minimum Gasteiger partial charge on any atom is -0.340 e. The average Bonchev–Trinajstić information content (AvgIpc) is 2.80. The number of fused-ring (bicyclic) bond motifs is 1. The molecule has 1 heterocycles. The average molecular weight is 269 g/mol. The number of nitriles is 1. The van der Waals surface area contributed by atoms with Crippen molar-refractivity contribution in [1.82, 2.24) is 4.98 Å². The summed E-state index contributed by atoms with van der Waals surface area (Å²) in [5.74, 6) is -0.796. The van der Waals surface area contributed by atoms with Gasteiger partial charge >= 0.3 is 0 Å². The minimum absolute atomic E-state index is 0.0203. The van der Waals surface area contributed by atoms with Crippen LogP contribution in [0, 0.1) is 23.0 Å². The summed E-state index contributed by atoms with van der Waals surface area (Å²) in [5.41, 5.74) is 1.10. The highest BCUT2D eigenvalue weighted by Gasteiger charge is 2.12. The molecule has 0 amide bonds. The van der Waals surface area contributed by atoms with Gasteiger partial charge in [-0.05, 0) is 18.2 Å². The molecule has 0 radical (unpaired) electrons. The largest absolute Gasteiger partial charge is 0.340 e. The Bertz CT molecular complexity index is 831. The molecule has 0 saturated heterocycles. The maximum atomic E-state index is 13.6. The molecule has 0 unspecified atom stereocenters. The zero-order valence-electron chi connectivity index (χ0n) is 10.2. The molecule has 2 aromatic carbocycles. The van der Waals surface area contributed by atoms with E-state index >= 15 is 0 Å². The third kappa shape index (κ3) is 1.97. The molecule has 3 aromatic rings. The second-order valence-electron chi connectivity index (χ2n) is 4.28. The van der Waals surface area contributed by atoms with E-state index in [1.165, 1.54) is 0 Å². The topological polar surface area (TPSA) is 51.6 Å². The molecule has 0 aliphatic carbocycles. The fraction of sp³-hybridized carbons (Fsp3) is 0. The van der Waals surface area contributed by atoms with Crippen molar-refractivity contribution in [2.24, 2.45) is 0 Å². The number of benzene rings is 2. The van der Waals surface area contributed by atoms with Crippen molar-refractivity contribution in [2.45, 2.75) is 0 Å². The number of rotatable bonds is 2. The van der Waals surface area contributed by atoms with Crippen LogP contribution in [0.15, 0.2) is 42.5 Å². The minimum atomic E-state index is -0.589. The lowest BCUT2D eigenvalue weighted by atomic mass is 10.2. The van der Waals surface area contributed by atoms with Crippen molar-refractivity contribution < 1.29 is 8.78 Å². The van der Waals surface area contributed by atoms with Crippen LogP contribution in [0.5, 0.6) is 0 Å². The molecule has 0 spiro atoms. The van der Waals surface area contributed by atoms with Gasteiger partial charge in [0, 0.05) is 17.0 Å². The van der Waals surface area contributed by atoms with Gasteiger partial charge in [0.05, 0.1) is 5.69 Å². The number of H-pyrrole nitrogens is 1. The lowest BCUT2D eigenvalue weighted by Crippen LogP contribution is -1.96. The van der Waals surface area contributed by atoms with Crippen molar-refractivity contribution in [3.05, 3.63) is 59.7 Å². The van der Waals surface area contributed by atoms with Crippen LogP contribution < -0.4 is 5.32 Å². The van der Waals surface area contributed by atoms with Crippen LogP contribution in [0.2, 0.25) is 0 Å². The van der Waals surface area contributed by atoms with E-state index in [1.54, 1.807) is 6.07 Å². The molecule has 0 aliphatic heterocycles. The molecule has 0 aliphatic rings. The van der Waals surface area contributed by atoms with Crippen LogP contribution in [0.3, 0.4) is 0 Å². The van der Waals surface area contributed by atoms with E-state index in [0.29, 0.717) is 11.4 Å². The predicted molar refractivity (Wildman–Crippen MR) is 72.7 cm³/mol. The molecule has 0 saturated carbocycles. The van der Waals surface area contributed by atoms with Gasteiger partial charge in [-0.15, -0.1) is 0 Å². The van der Waals surface area contributed by atoms with E-state index in [9.17, 15) is 14.0 Å². The fourth-order valence-electron chi connectivity index (χ4n) is 2.08. The Morgan fingerprint density at radius 1 is 1.10 bits per heavy atom. The fourth-order valence-corrected chi connectivity index (χ4v) is 2.08. The summed E-state index contributed by atoms with van der Waals surface area (Å²) >= 11 is 0. The van der Waals surface area contributed by atoms with E-state index in [4.69, 9.17) is 0 Å². The Kier molecular flexibility index (Phi) is 2.84. The Balaban J connectivity index is 2.11. The normalized spacial score (nSPS) is 10.4. The van der Waals surface area contributed by atoms with Crippen LogP contribution in [-0.2, 0) is 0 Å². The lowest BCUT2D eigenvalue weighted by Gasteiger charge is -2.06. The number of anilines is 2. The molecule has 5 heteroatoms. The third-order valence-corrected chi connectivity index (χ3v) is 3.01. The number of para-hydroxylation sites is 1. The van der Waals surface area contributed by atoms with E-state index in [1.807, 2.05) is 18.2 Å². The summed E-state index contributed by atoms with van der Waals surface area (Å²) in [7, 11) is 0. The Morgan fingerprint density at radius 3 is 2.70 bits per heavy atom. The Hall–Kier alpha value is -2.87. The second kappa shape index (κ2) is 4.67. The summed E-state index contributed by atoms with van der Waals surface area (Å²) in [5, 5.41) is 12.7. The summed E-state index contributed by atoms with van der Waals surface area (Å²) in [6.45, 7) is 0. The molecule has 3 rings (SSSR count). The quantitative estimate of drug-likeness (QED) is 0.737. The number of hydrogen-bond donors (Lipinski definition) is 2. The zero-order chi connectivity index (χ0) is 14.1. The summed E-state index contributed by atoms with van der Waals surface area (Å²) in [6.07, 6.45) is 0. The van der Waals surface area contributed by atoms with E-state index in [-0.39, 0.29) is 5.69 Å². The first-order valence-corrected chi connectivity index (χ1v) is 5.92. The Labute approximate surface area is 113 Å².